The minimum atomic E-state index is -0.321. The molecule has 0 spiro atoms. The van der Waals surface area contributed by atoms with E-state index >= 15 is 0 Å². The predicted molar refractivity (Wildman–Crippen MR) is 147 cm³/mol. The quantitative estimate of drug-likeness (QED) is 0.246. The third-order valence-corrected chi connectivity index (χ3v) is 5.82. The van der Waals surface area contributed by atoms with E-state index in [4.69, 9.17) is 0 Å². The molecule has 0 aliphatic rings. The molecular formula is C34H16F2N4. The van der Waals surface area contributed by atoms with Gasteiger partial charge in [-0.3, -0.25) is 0 Å². The fourth-order valence-corrected chi connectivity index (χ4v) is 3.77. The lowest BCUT2D eigenvalue weighted by molar-refractivity contribution is 0.627. The fraction of sp³-hybridized carbons (Fsp3) is 0. The van der Waals surface area contributed by atoms with Crippen LogP contribution in [-0.4, -0.2) is 9.97 Å². The van der Waals surface area contributed by atoms with Crippen LogP contribution in [0.3, 0.4) is 0 Å². The molecule has 0 aliphatic carbocycles. The highest BCUT2D eigenvalue weighted by molar-refractivity contribution is 5.79. The van der Waals surface area contributed by atoms with Crippen LogP contribution >= 0.6 is 0 Å². The van der Waals surface area contributed by atoms with Crippen molar-refractivity contribution in [3.05, 3.63) is 142 Å². The van der Waals surface area contributed by atoms with Gasteiger partial charge in [0.25, 0.3) is 0 Å². The number of nitrogens with zero attached hydrogens (tertiary/aromatic N) is 4. The second-order valence-corrected chi connectivity index (χ2v) is 8.51. The van der Waals surface area contributed by atoms with Crippen LogP contribution in [0, 0.1) is 58.0 Å². The Morgan fingerprint density at radius 1 is 0.425 bits per heavy atom. The predicted octanol–water partition coefficient (Wildman–Crippen LogP) is 6.63. The van der Waals surface area contributed by atoms with Crippen LogP contribution in [0.25, 0.3) is 22.5 Å². The summed E-state index contributed by atoms with van der Waals surface area (Å²) in [6.45, 7) is 0. The fourth-order valence-electron chi connectivity index (χ4n) is 3.77. The van der Waals surface area contributed by atoms with Crippen molar-refractivity contribution in [1.29, 1.82) is 10.5 Å². The van der Waals surface area contributed by atoms with Crippen LogP contribution in [0.2, 0.25) is 0 Å². The molecule has 0 fully saturated rings. The number of benzene rings is 4. The normalized spacial score (nSPS) is 9.80. The Morgan fingerprint density at radius 3 is 0.975 bits per heavy atom. The standard InChI is InChI=1S/C34H16F2N4/c35-29-17-9-25(10-18-29)3-1-23-5-13-27(14-6-23)33-34(40-32(22-38)31(21-37)39-33)28-15-7-24(8-16-28)2-4-26-11-19-30(36)20-12-26/h5-20H. The minimum absolute atomic E-state index is 0.0665. The summed E-state index contributed by atoms with van der Waals surface area (Å²) < 4.78 is 26.3. The highest BCUT2D eigenvalue weighted by Gasteiger charge is 2.17. The topological polar surface area (TPSA) is 73.4 Å². The summed E-state index contributed by atoms with van der Waals surface area (Å²) in [6, 6.07) is 30.3. The number of aromatic nitrogens is 2. The zero-order valence-corrected chi connectivity index (χ0v) is 20.8. The molecule has 6 heteroatoms. The van der Waals surface area contributed by atoms with Crippen LogP contribution in [0.5, 0.6) is 0 Å². The Morgan fingerprint density at radius 2 is 0.700 bits per heavy atom. The summed E-state index contributed by atoms with van der Waals surface area (Å²) in [4.78, 5) is 8.94. The highest BCUT2D eigenvalue weighted by Crippen LogP contribution is 2.30. The van der Waals surface area contributed by atoms with Crippen molar-refractivity contribution in [2.45, 2.75) is 0 Å². The molecule has 5 aromatic rings. The van der Waals surface area contributed by atoms with Crippen molar-refractivity contribution in [3.63, 3.8) is 0 Å². The lowest BCUT2D eigenvalue weighted by atomic mass is 10.0. The van der Waals surface area contributed by atoms with Crippen molar-refractivity contribution in [3.8, 4) is 58.3 Å². The van der Waals surface area contributed by atoms with Gasteiger partial charge in [-0.25, -0.2) is 18.7 Å². The molecule has 0 unspecified atom stereocenters. The lowest BCUT2D eigenvalue weighted by Crippen LogP contribution is -2.01. The molecule has 40 heavy (non-hydrogen) atoms. The number of hydrogen-bond donors (Lipinski definition) is 0. The van der Waals surface area contributed by atoms with Crippen molar-refractivity contribution in [2.24, 2.45) is 0 Å². The van der Waals surface area contributed by atoms with E-state index in [-0.39, 0.29) is 23.0 Å². The molecule has 5 rings (SSSR count). The van der Waals surface area contributed by atoms with Crippen LogP contribution < -0.4 is 0 Å². The summed E-state index contributed by atoms with van der Waals surface area (Å²) in [5, 5.41) is 19.1. The summed E-state index contributed by atoms with van der Waals surface area (Å²) in [7, 11) is 0. The molecule has 0 N–H and O–H groups in total. The van der Waals surface area contributed by atoms with Gasteiger partial charge in [0.05, 0.1) is 11.4 Å². The molecule has 0 bridgehead atoms. The third-order valence-electron chi connectivity index (χ3n) is 5.82. The largest absolute Gasteiger partial charge is 0.232 e. The molecule has 186 valence electrons. The number of hydrogen-bond acceptors (Lipinski definition) is 4. The monoisotopic (exact) mass is 518 g/mol. The van der Waals surface area contributed by atoms with Gasteiger partial charge >= 0.3 is 0 Å². The van der Waals surface area contributed by atoms with E-state index in [2.05, 4.69) is 33.6 Å². The first-order valence-electron chi connectivity index (χ1n) is 12.0. The summed E-state index contributed by atoms with van der Waals surface area (Å²) in [5.74, 6) is 11.4. The van der Waals surface area contributed by atoms with E-state index < -0.39 is 0 Å². The molecular weight excluding hydrogens is 502 g/mol. The van der Waals surface area contributed by atoms with E-state index in [9.17, 15) is 19.3 Å². The van der Waals surface area contributed by atoms with E-state index in [0.717, 1.165) is 11.1 Å². The molecule has 0 atom stereocenters. The lowest BCUT2D eigenvalue weighted by Gasteiger charge is -2.10. The zero-order chi connectivity index (χ0) is 27.9. The van der Waals surface area contributed by atoms with Gasteiger partial charge in [0.1, 0.15) is 23.8 Å². The average Bonchev–Trinajstić information content (AvgIpc) is 3.00. The minimum Gasteiger partial charge on any atom is -0.232 e. The molecule has 1 aromatic heterocycles. The smallest absolute Gasteiger partial charge is 0.177 e. The highest BCUT2D eigenvalue weighted by atomic mass is 19.1. The van der Waals surface area contributed by atoms with Gasteiger partial charge in [0.2, 0.25) is 0 Å². The molecule has 0 amide bonds. The molecule has 0 saturated carbocycles. The van der Waals surface area contributed by atoms with Gasteiger partial charge in [-0.05, 0) is 72.8 Å². The van der Waals surface area contributed by atoms with Gasteiger partial charge in [-0.1, -0.05) is 47.9 Å². The number of halogens is 2. The zero-order valence-electron chi connectivity index (χ0n) is 20.8. The maximum atomic E-state index is 13.1. The molecule has 0 saturated heterocycles. The van der Waals surface area contributed by atoms with Crippen LogP contribution in [-0.2, 0) is 0 Å². The van der Waals surface area contributed by atoms with Gasteiger partial charge < -0.3 is 0 Å². The number of rotatable bonds is 2. The number of nitriles is 2. The van der Waals surface area contributed by atoms with Crippen LogP contribution in [0.15, 0.2) is 97.1 Å². The van der Waals surface area contributed by atoms with Crippen molar-refractivity contribution in [1.82, 2.24) is 9.97 Å². The maximum Gasteiger partial charge on any atom is 0.177 e. The molecule has 1 heterocycles. The van der Waals surface area contributed by atoms with Gasteiger partial charge in [-0.15, -0.1) is 0 Å². The van der Waals surface area contributed by atoms with Gasteiger partial charge in [-0.2, -0.15) is 10.5 Å². The Balaban J connectivity index is 1.48. The second-order valence-electron chi connectivity index (χ2n) is 8.51. The molecule has 4 aromatic carbocycles. The van der Waals surface area contributed by atoms with E-state index in [1.54, 1.807) is 24.3 Å². The Kier molecular flexibility index (Phi) is 7.37. The van der Waals surface area contributed by atoms with E-state index in [1.165, 1.54) is 24.3 Å². The second kappa shape index (κ2) is 11.5. The first-order chi connectivity index (χ1) is 19.5. The Hall–Kier alpha value is -6.08. The third kappa shape index (κ3) is 5.90. The van der Waals surface area contributed by atoms with E-state index in [1.807, 2.05) is 60.7 Å². The first-order valence-corrected chi connectivity index (χ1v) is 12.0. The average molecular weight is 519 g/mol. The Labute approximate surface area is 229 Å². The Bertz CT molecular complexity index is 1760. The molecule has 4 nitrogen and oxygen atoms in total. The summed E-state index contributed by atoms with van der Waals surface area (Å²) >= 11 is 0. The molecule has 0 radical (unpaired) electrons. The summed E-state index contributed by atoms with van der Waals surface area (Å²) in [5.41, 5.74) is 4.99. The SMILES string of the molecule is N#Cc1nc(-c2ccc(C#Cc3ccc(F)cc3)cc2)c(-c2ccc(C#Cc3ccc(F)cc3)cc2)nc1C#N. The van der Waals surface area contributed by atoms with Crippen LogP contribution in [0.4, 0.5) is 8.78 Å². The van der Waals surface area contributed by atoms with E-state index in [0.29, 0.717) is 33.6 Å². The van der Waals surface area contributed by atoms with Crippen molar-refractivity contribution >= 4 is 0 Å². The summed E-state index contributed by atoms with van der Waals surface area (Å²) in [6.07, 6.45) is 0. The van der Waals surface area contributed by atoms with Gasteiger partial charge in [0, 0.05) is 33.4 Å². The first kappa shape index (κ1) is 25.6. The van der Waals surface area contributed by atoms with Crippen molar-refractivity contribution in [2.75, 3.05) is 0 Å². The van der Waals surface area contributed by atoms with Crippen LogP contribution in [0.1, 0.15) is 33.6 Å². The van der Waals surface area contributed by atoms with Crippen molar-refractivity contribution < 1.29 is 8.78 Å². The molecule has 0 aliphatic heterocycles. The maximum absolute atomic E-state index is 13.1. The van der Waals surface area contributed by atoms with Gasteiger partial charge in [0.15, 0.2) is 11.4 Å².